The molecule has 0 saturated heterocycles. The first kappa shape index (κ1) is 18.9. The summed E-state index contributed by atoms with van der Waals surface area (Å²) in [7, 11) is 0. The van der Waals surface area contributed by atoms with Crippen LogP contribution in [0.2, 0.25) is 0 Å². The maximum absolute atomic E-state index is 15.1. The van der Waals surface area contributed by atoms with E-state index in [2.05, 4.69) is 52.5 Å². The molecule has 11 heteroatoms. The van der Waals surface area contributed by atoms with Gasteiger partial charge in [-0.05, 0) is 6.07 Å². The highest BCUT2D eigenvalue weighted by atomic mass is 79.9. The Labute approximate surface area is 170 Å². The van der Waals surface area contributed by atoms with E-state index in [-0.39, 0.29) is 39.7 Å². The number of anilines is 3. The second-order valence-electron chi connectivity index (χ2n) is 5.46. The van der Waals surface area contributed by atoms with E-state index in [9.17, 15) is 5.26 Å². The summed E-state index contributed by atoms with van der Waals surface area (Å²) >= 11 is 6.57. The molecular weight excluding hydrogens is 483 g/mol. The van der Waals surface area contributed by atoms with Crippen molar-refractivity contribution >= 4 is 55.1 Å². The molecule has 1 aliphatic heterocycles. The third-order valence-electron chi connectivity index (χ3n) is 4.00. The minimum atomic E-state index is -0.928. The first-order chi connectivity index (χ1) is 12.9. The summed E-state index contributed by atoms with van der Waals surface area (Å²) in [5.41, 5.74) is 12.9. The number of aliphatic imine (C=N–C) groups is 1. The van der Waals surface area contributed by atoms with Gasteiger partial charge in [-0.2, -0.15) is 10.5 Å². The highest BCUT2D eigenvalue weighted by Gasteiger charge is 2.32. The number of benzene rings is 1. The van der Waals surface area contributed by atoms with Crippen molar-refractivity contribution in [3.8, 4) is 12.3 Å². The number of hydrogen-bond donors (Lipinski definition) is 4. The molecule has 0 bridgehead atoms. The maximum atomic E-state index is 15.1. The summed E-state index contributed by atoms with van der Waals surface area (Å²) in [6.07, 6.45) is 1.74. The minimum Gasteiger partial charge on any atom is -0.397 e. The molecule has 2 heterocycles. The van der Waals surface area contributed by atoms with Crippen LogP contribution in [0.25, 0.3) is 0 Å². The number of pyridine rings is 1. The highest BCUT2D eigenvalue weighted by molar-refractivity contribution is 9.10. The predicted octanol–water partition coefficient (Wildman–Crippen LogP) is 2.86. The van der Waals surface area contributed by atoms with Crippen LogP contribution in [0.1, 0.15) is 28.3 Å². The number of rotatable bonds is 2. The molecule has 3 rings (SSSR count). The van der Waals surface area contributed by atoms with Gasteiger partial charge in [-0.25, -0.2) is 14.4 Å². The number of hydrogen-bond acceptors (Lipinski definition) is 8. The molecule has 1 atom stereocenters. The van der Waals surface area contributed by atoms with Crippen LogP contribution in [-0.2, 0) is 5.33 Å². The van der Waals surface area contributed by atoms with Crippen molar-refractivity contribution < 1.29 is 4.39 Å². The molecule has 1 aliphatic rings. The van der Waals surface area contributed by atoms with E-state index < -0.39 is 11.9 Å². The zero-order chi connectivity index (χ0) is 19.7. The second kappa shape index (κ2) is 7.39. The van der Waals surface area contributed by atoms with E-state index in [1.807, 2.05) is 6.07 Å². The van der Waals surface area contributed by atoms with Crippen LogP contribution in [0.5, 0.6) is 0 Å². The predicted molar refractivity (Wildman–Crippen MR) is 106 cm³/mol. The van der Waals surface area contributed by atoms with Crippen LogP contribution >= 0.6 is 31.9 Å². The Bertz CT molecular complexity index is 1050. The molecule has 0 spiro atoms. The van der Waals surface area contributed by atoms with Crippen LogP contribution in [0, 0.1) is 28.6 Å². The van der Waals surface area contributed by atoms with Crippen molar-refractivity contribution in [2.75, 3.05) is 16.8 Å². The lowest BCUT2D eigenvalue weighted by atomic mass is 9.93. The van der Waals surface area contributed by atoms with Crippen LogP contribution in [0.4, 0.5) is 21.7 Å². The zero-order valence-corrected chi connectivity index (χ0v) is 16.7. The van der Waals surface area contributed by atoms with Crippen LogP contribution in [0.15, 0.2) is 21.6 Å². The lowest BCUT2D eigenvalue weighted by Crippen LogP contribution is -2.33. The molecule has 2 aromatic rings. The van der Waals surface area contributed by atoms with E-state index in [0.29, 0.717) is 15.6 Å². The number of nitrogens with two attached hydrogens (primary N) is 2. The molecule has 0 fully saturated rings. The fraction of sp³-hybridized carbons (Fsp3) is 0.125. The Morgan fingerprint density at radius 2 is 2.07 bits per heavy atom. The van der Waals surface area contributed by atoms with Crippen molar-refractivity contribution in [1.29, 1.82) is 10.5 Å². The zero-order valence-electron chi connectivity index (χ0n) is 13.5. The van der Waals surface area contributed by atoms with Crippen LogP contribution < -0.4 is 22.1 Å². The number of fused-ring (bicyclic) bond motifs is 1. The van der Waals surface area contributed by atoms with Gasteiger partial charge in [0.15, 0.2) is 6.19 Å². The van der Waals surface area contributed by atoms with Gasteiger partial charge >= 0.3 is 0 Å². The summed E-state index contributed by atoms with van der Waals surface area (Å²) in [6.45, 7) is 0. The molecule has 6 N–H and O–H groups in total. The van der Waals surface area contributed by atoms with Gasteiger partial charge < -0.3 is 16.8 Å². The molecule has 27 heavy (non-hydrogen) atoms. The Kier molecular flexibility index (Phi) is 5.17. The number of halogens is 3. The Hall–Kier alpha value is -2.89. The lowest BCUT2D eigenvalue weighted by Gasteiger charge is -2.26. The third kappa shape index (κ3) is 3.16. The van der Waals surface area contributed by atoms with E-state index in [4.69, 9.17) is 16.7 Å². The molecule has 136 valence electrons. The molecule has 0 aliphatic carbocycles. The Balaban J connectivity index is 2.31. The number of nitriles is 2. The first-order valence-corrected chi connectivity index (χ1v) is 9.35. The van der Waals surface area contributed by atoms with Gasteiger partial charge in [0.2, 0.25) is 5.96 Å². The molecule has 1 aromatic heterocycles. The molecule has 8 nitrogen and oxygen atoms in total. The van der Waals surface area contributed by atoms with E-state index in [0.717, 1.165) is 0 Å². The maximum Gasteiger partial charge on any atom is 0.211 e. The quantitative estimate of drug-likeness (QED) is 0.285. The average molecular weight is 494 g/mol. The molecule has 0 radical (unpaired) electrons. The van der Waals surface area contributed by atoms with Gasteiger partial charge in [-0.3, -0.25) is 5.32 Å². The number of guanidine groups is 1. The summed E-state index contributed by atoms with van der Waals surface area (Å²) in [5.74, 6) is -0.303. The van der Waals surface area contributed by atoms with Crippen molar-refractivity contribution in [2.45, 2.75) is 11.4 Å². The number of nitrogen functional groups attached to an aromatic ring is 2. The van der Waals surface area contributed by atoms with Crippen LogP contribution in [0.3, 0.4) is 0 Å². The molecule has 0 saturated carbocycles. The topological polar surface area (TPSA) is 149 Å². The molecular formula is C16H11Br2FN8. The second-order valence-corrected chi connectivity index (χ2v) is 6.88. The summed E-state index contributed by atoms with van der Waals surface area (Å²) in [4.78, 5) is 8.48. The molecule has 0 amide bonds. The van der Waals surface area contributed by atoms with Gasteiger partial charge in [0, 0.05) is 26.5 Å². The first-order valence-electron chi connectivity index (χ1n) is 7.44. The normalized spacial score (nSPS) is 15.0. The van der Waals surface area contributed by atoms with E-state index in [1.54, 1.807) is 18.3 Å². The Morgan fingerprint density at radius 1 is 1.33 bits per heavy atom. The summed E-state index contributed by atoms with van der Waals surface area (Å²) in [5, 5.41) is 23.7. The average Bonchev–Trinajstić information content (AvgIpc) is 2.62. The highest BCUT2D eigenvalue weighted by Crippen LogP contribution is 2.42. The van der Waals surface area contributed by atoms with Crippen molar-refractivity contribution in [2.24, 2.45) is 4.99 Å². The largest absolute Gasteiger partial charge is 0.397 e. The molecule has 1 unspecified atom stereocenters. The van der Waals surface area contributed by atoms with E-state index in [1.165, 1.54) is 0 Å². The Morgan fingerprint density at radius 3 is 2.70 bits per heavy atom. The number of nitrogens with zero attached hydrogens (tertiary/aromatic N) is 4. The van der Waals surface area contributed by atoms with Gasteiger partial charge in [0.25, 0.3) is 0 Å². The standard InChI is InChI=1S/C16H11Br2FN8/c17-3-7-9(18)2-1-6(11(7)19)13-10-12(22)8(4-20)14(23)26-15(10)27-16(25-13)24-5-21/h1-2,13H,3H2,(H6,22,23,24,25,26,27). The molecule has 1 aromatic carbocycles. The number of alkyl halides is 1. The van der Waals surface area contributed by atoms with Crippen molar-refractivity contribution in [3.63, 3.8) is 0 Å². The summed E-state index contributed by atoms with van der Waals surface area (Å²) in [6, 6.07) is 4.22. The SMILES string of the molecule is N#CNC1=NC(c2ccc(Br)c(CBr)c2F)c2c(nc(N)c(C#N)c2N)N1. The number of nitrogens with one attached hydrogen (secondary N) is 2. The third-order valence-corrected chi connectivity index (χ3v) is 5.31. The van der Waals surface area contributed by atoms with Crippen LogP contribution in [-0.4, -0.2) is 10.9 Å². The smallest absolute Gasteiger partial charge is 0.211 e. The van der Waals surface area contributed by atoms with E-state index >= 15 is 4.39 Å². The van der Waals surface area contributed by atoms with Crippen molar-refractivity contribution in [3.05, 3.63) is 44.7 Å². The van der Waals surface area contributed by atoms with Crippen molar-refractivity contribution in [1.82, 2.24) is 10.3 Å². The fourth-order valence-electron chi connectivity index (χ4n) is 2.76. The van der Waals surface area contributed by atoms with Gasteiger partial charge in [-0.1, -0.05) is 37.9 Å². The monoisotopic (exact) mass is 492 g/mol. The van der Waals surface area contributed by atoms with Gasteiger partial charge in [-0.15, -0.1) is 0 Å². The fourth-order valence-corrected chi connectivity index (χ4v) is 4.13. The minimum absolute atomic E-state index is 0.00863. The van der Waals surface area contributed by atoms with Gasteiger partial charge in [0.1, 0.15) is 35.1 Å². The summed E-state index contributed by atoms with van der Waals surface area (Å²) < 4.78 is 15.7. The number of aromatic nitrogens is 1. The van der Waals surface area contributed by atoms with Gasteiger partial charge in [0.05, 0.1) is 5.69 Å². The lowest BCUT2D eigenvalue weighted by molar-refractivity contribution is 0.588.